The number of carbonyl (C=O) groups excluding carboxylic acids is 1. The van der Waals surface area contributed by atoms with Gasteiger partial charge in [-0.25, -0.2) is 4.39 Å². The van der Waals surface area contributed by atoms with Crippen molar-refractivity contribution in [2.24, 2.45) is 11.8 Å². The van der Waals surface area contributed by atoms with E-state index in [-0.39, 0.29) is 17.7 Å². The van der Waals surface area contributed by atoms with Gasteiger partial charge in [-0.2, -0.15) is 0 Å². The summed E-state index contributed by atoms with van der Waals surface area (Å²) in [5.41, 5.74) is 1.91. The number of esters is 1. The van der Waals surface area contributed by atoms with Crippen LogP contribution < -0.4 is 4.74 Å². The van der Waals surface area contributed by atoms with E-state index in [9.17, 15) is 9.18 Å². The Labute approximate surface area is 149 Å². The smallest absolute Gasteiger partial charge is 0.314 e. The maximum absolute atomic E-state index is 13.0. The fourth-order valence-electron chi connectivity index (χ4n) is 3.65. The predicted octanol–water partition coefficient (Wildman–Crippen LogP) is 6.00. The van der Waals surface area contributed by atoms with Gasteiger partial charge in [0.25, 0.3) is 0 Å². The van der Waals surface area contributed by atoms with E-state index in [0.717, 1.165) is 42.7 Å². The Kier molecular flexibility index (Phi) is 5.85. The predicted molar refractivity (Wildman–Crippen MR) is 97.8 cm³/mol. The van der Waals surface area contributed by atoms with E-state index >= 15 is 0 Å². The van der Waals surface area contributed by atoms with Crippen molar-refractivity contribution in [1.29, 1.82) is 0 Å². The lowest BCUT2D eigenvalue weighted by molar-refractivity contribution is -0.140. The van der Waals surface area contributed by atoms with E-state index in [2.05, 4.69) is 6.92 Å². The minimum atomic E-state index is -0.247. The summed E-state index contributed by atoms with van der Waals surface area (Å²) >= 11 is 0. The van der Waals surface area contributed by atoms with Crippen LogP contribution in [0, 0.1) is 17.7 Å². The van der Waals surface area contributed by atoms with Crippen LogP contribution in [-0.4, -0.2) is 5.97 Å². The number of benzene rings is 2. The first kappa shape index (κ1) is 17.7. The van der Waals surface area contributed by atoms with Crippen molar-refractivity contribution >= 4 is 5.97 Å². The van der Waals surface area contributed by atoms with E-state index < -0.39 is 0 Å². The minimum absolute atomic E-state index is 0.0323. The van der Waals surface area contributed by atoms with Crippen LogP contribution in [0.25, 0.3) is 11.1 Å². The summed E-state index contributed by atoms with van der Waals surface area (Å²) in [6.45, 7) is 2.22. The Morgan fingerprint density at radius 1 is 0.960 bits per heavy atom. The number of carbonyl (C=O) groups is 1. The van der Waals surface area contributed by atoms with Crippen LogP contribution in [0.15, 0.2) is 48.5 Å². The largest absolute Gasteiger partial charge is 0.426 e. The Hall–Kier alpha value is -2.16. The number of hydrogen-bond acceptors (Lipinski definition) is 2. The number of rotatable bonds is 5. The second kappa shape index (κ2) is 8.28. The molecule has 25 heavy (non-hydrogen) atoms. The lowest BCUT2D eigenvalue weighted by atomic mass is 9.80. The van der Waals surface area contributed by atoms with Gasteiger partial charge in [0.15, 0.2) is 0 Å². The van der Waals surface area contributed by atoms with Crippen LogP contribution >= 0.6 is 0 Å². The van der Waals surface area contributed by atoms with Crippen molar-refractivity contribution in [3.05, 3.63) is 54.3 Å². The van der Waals surface area contributed by atoms with Crippen molar-refractivity contribution in [2.75, 3.05) is 0 Å². The highest BCUT2D eigenvalue weighted by Crippen LogP contribution is 2.32. The van der Waals surface area contributed by atoms with Gasteiger partial charge in [0.05, 0.1) is 5.92 Å². The molecule has 0 aromatic heterocycles. The summed E-state index contributed by atoms with van der Waals surface area (Å²) < 4.78 is 18.6. The first-order valence-corrected chi connectivity index (χ1v) is 9.23. The summed E-state index contributed by atoms with van der Waals surface area (Å²) in [5, 5.41) is 0. The molecule has 0 saturated heterocycles. The Morgan fingerprint density at radius 2 is 1.52 bits per heavy atom. The molecule has 2 aromatic rings. The van der Waals surface area contributed by atoms with Crippen molar-refractivity contribution in [3.63, 3.8) is 0 Å². The molecule has 132 valence electrons. The molecule has 0 unspecified atom stereocenters. The van der Waals surface area contributed by atoms with Gasteiger partial charge in [-0.3, -0.25) is 4.79 Å². The molecule has 0 aliphatic heterocycles. The minimum Gasteiger partial charge on any atom is -0.426 e. The average Bonchev–Trinajstić information content (AvgIpc) is 2.64. The first-order valence-electron chi connectivity index (χ1n) is 9.23. The number of hydrogen-bond donors (Lipinski definition) is 0. The third-order valence-electron chi connectivity index (χ3n) is 5.13. The van der Waals surface area contributed by atoms with Crippen molar-refractivity contribution in [3.8, 4) is 16.9 Å². The van der Waals surface area contributed by atoms with E-state index in [1.54, 1.807) is 24.3 Å². The molecule has 0 spiro atoms. The summed E-state index contributed by atoms with van der Waals surface area (Å²) in [4.78, 5) is 12.4. The van der Waals surface area contributed by atoms with Crippen LogP contribution in [0.3, 0.4) is 0 Å². The first-order chi connectivity index (χ1) is 12.2. The molecule has 0 heterocycles. The Bertz CT molecular complexity index is 683. The fourth-order valence-corrected chi connectivity index (χ4v) is 3.65. The highest BCUT2D eigenvalue weighted by Gasteiger charge is 2.27. The van der Waals surface area contributed by atoms with Crippen LogP contribution in [0.4, 0.5) is 4.39 Å². The van der Waals surface area contributed by atoms with E-state index in [4.69, 9.17) is 4.74 Å². The Morgan fingerprint density at radius 3 is 2.08 bits per heavy atom. The molecule has 1 aliphatic rings. The zero-order valence-corrected chi connectivity index (χ0v) is 14.7. The third kappa shape index (κ3) is 4.68. The number of ether oxygens (including phenoxy) is 1. The van der Waals surface area contributed by atoms with Gasteiger partial charge in [-0.05, 0) is 67.0 Å². The lowest BCUT2D eigenvalue weighted by Crippen LogP contribution is -2.25. The zero-order chi connectivity index (χ0) is 17.6. The highest BCUT2D eigenvalue weighted by molar-refractivity contribution is 5.75. The van der Waals surface area contributed by atoms with Gasteiger partial charge in [-0.1, -0.05) is 44.0 Å². The normalized spacial score (nSPS) is 20.2. The van der Waals surface area contributed by atoms with Crippen LogP contribution in [0.5, 0.6) is 5.75 Å². The van der Waals surface area contributed by atoms with Gasteiger partial charge < -0.3 is 4.74 Å². The molecular formula is C22H25FO2. The van der Waals surface area contributed by atoms with E-state index in [1.165, 1.54) is 25.0 Å². The van der Waals surface area contributed by atoms with Crippen LogP contribution in [0.2, 0.25) is 0 Å². The molecule has 3 rings (SSSR count). The monoisotopic (exact) mass is 340 g/mol. The van der Waals surface area contributed by atoms with Crippen molar-refractivity contribution < 1.29 is 13.9 Å². The zero-order valence-electron chi connectivity index (χ0n) is 14.7. The second-order valence-electron chi connectivity index (χ2n) is 6.96. The quantitative estimate of drug-likeness (QED) is 0.492. The molecule has 0 amide bonds. The SMILES string of the molecule is CCCC1CCC(C(=O)Oc2ccc(-c3ccc(F)cc3)cc2)CC1. The van der Waals surface area contributed by atoms with Gasteiger partial charge in [0.1, 0.15) is 11.6 Å². The fraction of sp³-hybridized carbons (Fsp3) is 0.409. The van der Waals surface area contributed by atoms with Crippen LogP contribution in [0.1, 0.15) is 45.4 Å². The third-order valence-corrected chi connectivity index (χ3v) is 5.13. The molecule has 1 saturated carbocycles. The molecule has 3 heteroatoms. The summed E-state index contributed by atoms with van der Waals surface area (Å²) in [5.74, 6) is 1.04. The van der Waals surface area contributed by atoms with Gasteiger partial charge in [-0.15, -0.1) is 0 Å². The molecule has 2 aromatic carbocycles. The topological polar surface area (TPSA) is 26.3 Å². The second-order valence-corrected chi connectivity index (χ2v) is 6.96. The summed E-state index contributed by atoms with van der Waals surface area (Å²) in [6, 6.07) is 13.8. The Balaban J connectivity index is 1.56. The standard InChI is InChI=1S/C22H25FO2/c1-2-3-16-4-6-19(7-5-16)22(24)25-21-14-10-18(11-15-21)17-8-12-20(23)13-9-17/h8-16,19H,2-7H2,1H3. The molecule has 0 radical (unpaired) electrons. The van der Waals surface area contributed by atoms with Crippen molar-refractivity contribution in [2.45, 2.75) is 45.4 Å². The van der Waals surface area contributed by atoms with Crippen LogP contribution in [-0.2, 0) is 4.79 Å². The summed E-state index contributed by atoms with van der Waals surface area (Å²) in [6.07, 6.45) is 6.65. The highest BCUT2D eigenvalue weighted by atomic mass is 19.1. The maximum Gasteiger partial charge on any atom is 0.314 e. The number of halogens is 1. The molecule has 0 N–H and O–H groups in total. The van der Waals surface area contributed by atoms with Gasteiger partial charge in [0.2, 0.25) is 0 Å². The average molecular weight is 340 g/mol. The molecule has 2 nitrogen and oxygen atoms in total. The lowest BCUT2D eigenvalue weighted by Gasteiger charge is -2.26. The molecule has 0 atom stereocenters. The van der Waals surface area contributed by atoms with Crippen molar-refractivity contribution in [1.82, 2.24) is 0 Å². The van der Waals surface area contributed by atoms with Gasteiger partial charge >= 0.3 is 5.97 Å². The van der Waals surface area contributed by atoms with Gasteiger partial charge in [0, 0.05) is 0 Å². The molecule has 1 aliphatic carbocycles. The molecule has 0 bridgehead atoms. The molecule has 1 fully saturated rings. The summed E-state index contributed by atoms with van der Waals surface area (Å²) in [7, 11) is 0. The molecular weight excluding hydrogens is 315 g/mol. The van der Waals surface area contributed by atoms with E-state index in [0.29, 0.717) is 5.75 Å². The van der Waals surface area contributed by atoms with E-state index in [1.807, 2.05) is 12.1 Å². The maximum atomic E-state index is 13.0.